The number of benzene rings is 2. The molecule has 3 N–H and O–H groups in total. The van der Waals surface area contributed by atoms with Gasteiger partial charge in [0.15, 0.2) is 11.5 Å². The topological polar surface area (TPSA) is 97.3 Å². The fourth-order valence-corrected chi connectivity index (χ4v) is 3.35. The van der Waals surface area contributed by atoms with Crippen LogP contribution in [0.15, 0.2) is 36.4 Å². The quantitative estimate of drug-likeness (QED) is 0.535. The minimum atomic E-state index is -0.708. The van der Waals surface area contributed by atoms with Crippen molar-refractivity contribution in [3.63, 3.8) is 0 Å². The van der Waals surface area contributed by atoms with Crippen molar-refractivity contribution in [2.75, 3.05) is 18.7 Å². The summed E-state index contributed by atoms with van der Waals surface area (Å²) in [6, 6.07) is 10.1. The molecule has 0 spiro atoms. The fraction of sp³-hybridized carbons (Fsp3) is 0.316. The Bertz CT molecular complexity index is 828. The normalized spacial score (nSPS) is 14.5. The molecule has 1 heterocycles. The SMILES string of the molecule is C[C@H](CCO)[C@@H](OC(=O)Nc1ccc2c(c1)OCO2)c1cc(I)ccc1O. The highest BCUT2D eigenvalue weighted by Gasteiger charge is 2.26. The number of halogens is 1. The summed E-state index contributed by atoms with van der Waals surface area (Å²) in [5.74, 6) is 1.02. The zero-order chi connectivity index (χ0) is 19.4. The third-order valence-corrected chi connectivity index (χ3v) is 4.92. The molecule has 0 aliphatic carbocycles. The van der Waals surface area contributed by atoms with E-state index in [0.29, 0.717) is 29.2 Å². The van der Waals surface area contributed by atoms with Gasteiger partial charge >= 0.3 is 6.09 Å². The highest BCUT2D eigenvalue weighted by atomic mass is 127. The standard InChI is InChI=1S/C19H20INO6/c1-11(6-7-22)18(14-8-12(20)2-4-15(14)23)27-19(24)21-13-3-5-16-17(9-13)26-10-25-16/h2-5,8-9,11,18,22-23H,6-7,10H2,1H3,(H,21,24)/t11-,18-/m1/s1. The molecule has 3 rings (SSSR count). The van der Waals surface area contributed by atoms with E-state index in [1.165, 1.54) is 0 Å². The van der Waals surface area contributed by atoms with Gasteiger partial charge in [-0.15, -0.1) is 0 Å². The molecule has 27 heavy (non-hydrogen) atoms. The Balaban J connectivity index is 1.77. The maximum atomic E-state index is 12.4. The summed E-state index contributed by atoms with van der Waals surface area (Å²) in [6.45, 7) is 1.96. The van der Waals surface area contributed by atoms with Crippen LogP contribution in [-0.2, 0) is 4.74 Å². The molecule has 1 aliphatic heterocycles. The molecule has 0 radical (unpaired) electrons. The number of anilines is 1. The predicted molar refractivity (Wildman–Crippen MR) is 107 cm³/mol. The zero-order valence-electron chi connectivity index (χ0n) is 14.6. The summed E-state index contributed by atoms with van der Waals surface area (Å²) < 4.78 is 17.1. The second kappa shape index (κ2) is 8.66. The number of hydrogen-bond acceptors (Lipinski definition) is 6. The number of phenols is 1. The summed E-state index contributed by atoms with van der Waals surface area (Å²) in [4.78, 5) is 12.4. The van der Waals surface area contributed by atoms with Gasteiger partial charge in [0.05, 0.1) is 0 Å². The number of amides is 1. The number of fused-ring (bicyclic) bond motifs is 1. The minimum Gasteiger partial charge on any atom is -0.508 e. The lowest BCUT2D eigenvalue weighted by Gasteiger charge is -2.25. The van der Waals surface area contributed by atoms with Crippen molar-refractivity contribution in [3.8, 4) is 17.2 Å². The Morgan fingerprint density at radius 1 is 1.26 bits per heavy atom. The van der Waals surface area contributed by atoms with Crippen molar-refractivity contribution in [1.29, 1.82) is 0 Å². The van der Waals surface area contributed by atoms with Crippen molar-refractivity contribution < 1.29 is 29.2 Å². The lowest BCUT2D eigenvalue weighted by atomic mass is 9.94. The van der Waals surface area contributed by atoms with Crippen LogP contribution < -0.4 is 14.8 Å². The largest absolute Gasteiger partial charge is 0.508 e. The van der Waals surface area contributed by atoms with Crippen LogP contribution >= 0.6 is 22.6 Å². The minimum absolute atomic E-state index is 0.0427. The van der Waals surface area contributed by atoms with Crippen LogP contribution in [0.25, 0.3) is 0 Å². The highest BCUT2D eigenvalue weighted by Crippen LogP contribution is 2.36. The molecule has 144 valence electrons. The van der Waals surface area contributed by atoms with Crippen molar-refractivity contribution >= 4 is 34.4 Å². The number of ether oxygens (including phenoxy) is 3. The van der Waals surface area contributed by atoms with E-state index in [9.17, 15) is 15.0 Å². The summed E-state index contributed by atoms with van der Waals surface area (Å²) in [7, 11) is 0. The number of aliphatic hydroxyl groups excluding tert-OH is 1. The van der Waals surface area contributed by atoms with Crippen LogP contribution in [0.5, 0.6) is 17.2 Å². The van der Waals surface area contributed by atoms with Crippen molar-refractivity contribution in [1.82, 2.24) is 0 Å². The number of carbonyl (C=O) groups excluding carboxylic acids is 1. The summed E-state index contributed by atoms with van der Waals surface area (Å²) in [5, 5.41) is 22.2. The van der Waals surface area contributed by atoms with Gasteiger partial charge in [-0.05, 0) is 65.3 Å². The van der Waals surface area contributed by atoms with Crippen molar-refractivity contribution in [2.45, 2.75) is 19.4 Å². The third-order valence-electron chi connectivity index (χ3n) is 4.25. The Hall–Kier alpha value is -2.20. The molecular weight excluding hydrogens is 465 g/mol. The first-order valence-electron chi connectivity index (χ1n) is 8.44. The van der Waals surface area contributed by atoms with E-state index in [2.05, 4.69) is 27.9 Å². The van der Waals surface area contributed by atoms with Crippen LogP contribution in [0.4, 0.5) is 10.5 Å². The Kier molecular flexibility index (Phi) is 6.27. The molecule has 0 fully saturated rings. The number of aromatic hydroxyl groups is 1. The molecule has 1 aliphatic rings. The highest BCUT2D eigenvalue weighted by molar-refractivity contribution is 14.1. The molecule has 0 unspecified atom stereocenters. The van der Waals surface area contributed by atoms with Gasteiger partial charge in [0.1, 0.15) is 11.9 Å². The van der Waals surface area contributed by atoms with E-state index in [-0.39, 0.29) is 25.1 Å². The van der Waals surface area contributed by atoms with Crippen LogP contribution in [0, 0.1) is 9.49 Å². The van der Waals surface area contributed by atoms with Crippen LogP contribution in [0.2, 0.25) is 0 Å². The average Bonchev–Trinajstić information content (AvgIpc) is 3.10. The lowest BCUT2D eigenvalue weighted by Crippen LogP contribution is -2.22. The number of carbonyl (C=O) groups is 1. The van der Waals surface area contributed by atoms with Crippen molar-refractivity contribution in [2.24, 2.45) is 5.92 Å². The second-order valence-electron chi connectivity index (χ2n) is 6.21. The second-order valence-corrected chi connectivity index (χ2v) is 7.46. The fourth-order valence-electron chi connectivity index (χ4n) is 2.83. The van der Waals surface area contributed by atoms with Crippen LogP contribution in [0.1, 0.15) is 25.0 Å². The monoisotopic (exact) mass is 485 g/mol. The number of rotatable bonds is 6. The van der Waals surface area contributed by atoms with Gasteiger partial charge in [-0.2, -0.15) is 0 Å². The molecular formula is C19H20INO6. The lowest BCUT2D eigenvalue weighted by molar-refractivity contribution is 0.0652. The molecule has 2 atom stereocenters. The molecule has 0 aromatic heterocycles. The predicted octanol–water partition coefficient (Wildman–Crippen LogP) is 4.03. The van der Waals surface area contributed by atoms with Gasteiger partial charge in [-0.3, -0.25) is 5.32 Å². The van der Waals surface area contributed by atoms with Gasteiger partial charge in [-0.1, -0.05) is 6.92 Å². The number of aliphatic hydroxyl groups is 1. The van der Waals surface area contributed by atoms with Crippen LogP contribution in [0.3, 0.4) is 0 Å². The third kappa shape index (κ3) is 4.75. The first-order valence-corrected chi connectivity index (χ1v) is 9.52. The first-order chi connectivity index (χ1) is 13.0. The van der Waals surface area contributed by atoms with E-state index < -0.39 is 12.2 Å². The van der Waals surface area contributed by atoms with E-state index in [0.717, 1.165) is 3.57 Å². The zero-order valence-corrected chi connectivity index (χ0v) is 16.8. The van der Waals surface area contributed by atoms with E-state index in [4.69, 9.17) is 14.2 Å². The van der Waals surface area contributed by atoms with Gasteiger partial charge < -0.3 is 24.4 Å². The van der Waals surface area contributed by atoms with E-state index in [1.54, 1.807) is 36.4 Å². The molecule has 1 amide bonds. The molecule has 0 saturated carbocycles. The number of hydrogen-bond donors (Lipinski definition) is 3. The molecule has 0 saturated heterocycles. The summed E-state index contributed by atoms with van der Waals surface area (Å²) in [5.41, 5.74) is 1.01. The van der Waals surface area contributed by atoms with E-state index in [1.807, 2.05) is 6.92 Å². The molecule has 2 aromatic carbocycles. The Labute approximate surface area is 170 Å². The maximum absolute atomic E-state index is 12.4. The smallest absolute Gasteiger partial charge is 0.412 e. The van der Waals surface area contributed by atoms with Gasteiger partial charge in [0, 0.05) is 27.5 Å². The molecule has 8 heteroatoms. The number of nitrogens with one attached hydrogen (secondary N) is 1. The summed E-state index contributed by atoms with van der Waals surface area (Å²) >= 11 is 2.13. The molecule has 7 nitrogen and oxygen atoms in total. The molecule has 0 bridgehead atoms. The van der Waals surface area contributed by atoms with Crippen LogP contribution in [-0.4, -0.2) is 29.7 Å². The van der Waals surface area contributed by atoms with Gasteiger partial charge in [-0.25, -0.2) is 4.79 Å². The Morgan fingerprint density at radius 3 is 2.81 bits per heavy atom. The Morgan fingerprint density at radius 2 is 2.04 bits per heavy atom. The van der Waals surface area contributed by atoms with Gasteiger partial charge in [0.2, 0.25) is 6.79 Å². The molecule has 2 aromatic rings. The van der Waals surface area contributed by atoms with Crippen molar-refractivity contribution in [3.05, 3.63) is 45.5 Å². The summed E-state index contributed by atoms with van der Waals surface area (Å²) in [6.07, 6.45) is -0.949. The maximum Gasteiger partial charge on any atom is 0.412 e. The first kappa shape index (κ1) is 19.6. The average molecular weight is 485 g/mol. The van der Waals surface area contributed by atoms with E-state index >= 15 is 0 Å². The number of phenolic OH excluding ortho intramolecular Hbond substituents is 1. The van der Waals surface area contributed by atoms with Gasteiger partial charge in [0.25, 0.3) is 0 Å².